The molecule has 0 spiro atoms. The maximum Gasteiger partial charge on any atom is 0.183 e. The second kappa shape index (κ2) is 10.7. The molecule has 5 rings (SSSR count). The highest BCUT2D eigenvalue weighted by Gasteiger charge is 2.12. The molecule has 7 nitrogen and oxygen atoms in total. The average Bonchev–Trinajstić information content (AvgIpc) is 3.30. The van der Waals surface area contributed by atoms with Crippen LogP contribution in [0.3, 0.4) is 0 Å². The molecule has 1 N–H and O–H groups in total. The number of thiazole rings is 1. The standard InChI is InChI=1S/C28H27N3O4S/c1-4-34-19-7-5-6-18(14-19)10-12-30-28-31-22-9-8-20(15-27(22)36-28)35-24-11-13-29-23-17-26(33-3)25(32-2)16-21(23)24/h5-9,11,13-17H,4,10,12H2,1-3H3,(H,30,31). The lowest BCUT2D eigenvalue weighted by atomic mass is 10.1. The minimum atomic E-state index is 0.626. The van der Waals surface area contributed by atoms with E-state index >= 15 is 0 Å². The number of hydrogen-bond acceptors (Lipinski definition) is 8. The van der Waals surface area contributed by atoms with Crippen molar-refractivity contribution in [2.24, 2.45) is 0 Å². The molecule has 2 aromatic heterocycles. The van der Waals surface area contributed by atoms with Crippen LogP contribution in [0.25, 0.3) is 21.1 Å². The summed E-state index contributed by atoms with van der Waals surface area (Å²) in [5.41, 5.74) is 2.92. The van der Waals surface area contributed by atoms with Crippen molar-refractivity contribution in [2.45, 2.75) is 13.3 Å². The number of hydrogen-bond donors (Lipinski definition) is 1. The van der Waals surface area contributed by atoms with E-state index in [4.69, 9.17) is 23.9 Å². The molecule has 0 amide bonds. The Morgan fingerprint density at radius 3 is 2.56 bits per heavy atom. The van der Waals surface area contributed by atoms with Crippen molar-refractivity contribution in [3.8, 4) is 28.7 Å². The van der Waals surface area contributed by atoms with Gasteiger partial charge in [-0.15, -0.1) is 0 Å². The summed E-state index contributed by atoms with van der Waals surface area (Å²) in [5, 5.41) is 5.17. The molecule has 5 aromatic rings. The summed E-state index contributed by atoms with van der Waals surface area (Å²) < 4.78 is 23.8. The zero-order valence-electron chi connectivity index (χ0n) is 20.4. The average molecular weight is 502 g/mol. The van der Waals surface area contributed by atoms with Crippen LogP contribution < -0.4 is 24.3 Å². The lowest BCUT2D eigenvalue weighted by Gasteiger charge is -2.12. The molecule has 0 aliphatic carbocycles. The first-order valence-electron chi connectivity index (χ1n) is 11.7. The largest absolute Gasteiger partial charge is 0.494 e. The van der Waals surface area contributed by atoms with Crippen molar-refractivity contribution < 1.29 is 18.9 Å². The molecule has 0 fully saturated rings. The number of rotatable bonds is 10. The number of pyridine rings is 1. The fourth-order valence-corrected chi connectivity index (χ4v) is 4.90. The molecule has 0 aliphatic rings. The van der Waals surface area contributed by atoms with E-state index in [1.54, 1.807) is 31.8 Å². The number of nitrogens with one attached hydrogen (secondary N) is 1. The van der Waals surface area contributed by atoms with E-state index in [0.717, 1.165) is 50.7 Å². The molecule has 0 radical (unpaired) electrons. The Kier molecular flexibility index (Phi) is 7.04. The van der Waals surface area contributed by atoms with Crippen molar-refractivity contribution in [2.75, 3.05) is 32.7 Å². The van der Waals surface area contributed by atoms with Gasteiger partial charge in [0.15, 0.2) is 16.6 Å². The summed E-state index contributed by atoms with van der Waals surface area (Å²) in [6.45, 7) is 3.44. The number of ether oxygens (including phenoxy) is 4. The van der Waals surface area contributed by atoms with Gasteiger partial charge in [-0.25, -0.2) is 4.98 Å². The van der Waals surface area contributed by atoms with Gasteiger partial charge < -0.3 is 24.3 Å². The third-order valence-corrected chi connectivity index (χ3v) is 6.67. The maximum absolute atomic E-state index is 6.26. The van der Waals surface area contributed by atoms with E-state index in [-0.39, 0.29) is 0 Å². The van der Waals surface area contributed by atoms with Crippen molar-refractivity contribution >= 4 is 37.6 Å². The predicted octanol–water partition coefficient (Wildman–Crippen LogP) is 6.71. The van der Waals surface area contributed by atoms with Crippen LogP contribution in [0, 0.1) is 0 Å². The summed E-state index contributed by atoms with van der Waals surface area (Å²) in [6, 6.07) is 19.7. The topological polar surface area (TPSA) is 74.7 Å². The van der Waals surface area contributed by atoms with Crippen LogP contribution in [0.1, 0.15) is 12.5 Å². The number of aromatic nitrogens is 2. The number of fused-ring (bicyclic) bond motifs is 2. The fourth-order valence-electron chi connectivity index (χ4n) is 3.98. The molecular weight excluding hydrogens is 474 g/mol. The number of methoxy groups -OCH3 is 2. The van der Waals surface area contributed by atoms with Crippen molar-refractivity contribution in [3.63, 3.8) is 0 Å². The van der Waals surface area contributed by atoms with Gasteiger partial charge >= 0.3 is 0 Å². The lowest BCUT2D eigenvalue weighted by Crippen LogP contribution is -2.04. The quantitative estimate of drug-likeness (QED) is 0.228. The summed E-state index contributed by atoms with van der Waals surface area (Å²) in [4.78, 5) is 9.16. The minimum Gasteiger partial charge on any atom is -0.494 e. The Hall–Kier alpha value is -4.04. The lowest BCUT2D eigenvalue weighted by molar-refractivity contribution is 0.340. The monoisotopic (exact) mass is 501 g/mol. The normalized spacial score (nSPS) is 11.0. The molecule has 0 bridgehead atoms. The molecule has 0 aliphatic heterocycles. The Morgan fingerprint density at radius 1 is 0.861 bits per heavy atom. The predicted molar refractivity (Wildman–Crippen MR) is 144 cm³/mol. The first-order chi connectivity index (χ1) is 17.7. The summed E-state index contributed by atoms with van der Waals surface area (Å²) in [5.74, 6) is 3.58. The zero-order chi connectivity index (χ0) is 24.9. The van der Waals surface area contributed by atoms with Crippen LogP contribution >= 0.6 is 11.3 Å². The van der Waals surface area contributed by atoms with Crippen LogP contribution in [0.2, 0.25) is 0 Å². The highest BCUT2D eigenvalue weighted by molar-refractivity contribution is 7.22. The van der Waals surface area contributed by atoms with Crippen LogP contribution in [0.5, 0.6) is 28.7 Å². The number of anilines is 1. The van der Waals surface area contributed by atoms with Crippen LogP contribution in [-0.2, 0) is 6.42 Å². The molecule has 0 unspecified atom stereocenters. The van der Waals surface area contributed by atoms with E-state index in [1.165, 1.54) is 5.56 Å². The molecule has 184 valence electrons. The van der Waals surface area contributed by atoms with E-state index in [1.807, 2.05) is 55.5 Å². The molecule has 8 heteroatoms. The van der Waals surface area contributed by atoms with Gasteiger partial charge in [-0.05, 0) is 55.3 Å². The summed E-state index contributed by atoms with van der Waals surface area (Å²) >= 11 is 1.61. The van der Waals surface area contributed by atoms with E-state index in [0.29, 0.717) is 23.9 Å². The zero-order valence-corrected chi connectivity index (χ0v) is 21.2. The van der Waals surface area contributed by atoms with Crippen LogP contribution in [0.15, 0.2) is 66.9 Å². The van der Waals surface area contributed by atoms with Gasteiger partial charge in [-0.1, -0.05) is 23.5 Å². The smallest absolute Gasteiger partial charge is 0.183 e. The SMILES string of the molecule is CCOc1cccc(CCNc2nc3ccc(Oc4ccnc5cc(OC)c(OC)cc45)cc3s2)c1. The highest BCUT2D eigenvalue weighted by atomic mass is 32.1. The first kappa shape index (κ1) is 23.7. The Morgan fingerprint density at radius 2 is 1.72 bits per heavy atom. The molecule has 2 heterocycles. The third-order valence-electron chi connectivity index (χ3n) is 5.69. The Balaban J connectivity index is 1.30. The molecule has 0 atom stereocenters. The van der Waals surface area contributed by atoms with Gasteiger partial charge in [0.1, 0.15) is 17.2 Å². The van der Waals surface area contributed by atoms with Crippen LogP contribution in [0.4, 0.5) is 5.13 Å². The third kappa shape index (κ3) is 5.13. The van der Waals surface area contributed by atoms with Crippen LogP contribution in [-0.4, -0.2) is 37.3 Å². The van der Waals surface area contributed by atoms with Gasteiger partial charge in [0, 0.05) is 30.3 Å². The molecule has 36 heavy (non-hydrogen) atoms. The molecular formula is C28H27N3O4S. The van der Waals surface area contributed by atoms with Gasteiger partial charge in [-0.3, -0.25) is 4.98 Å². The van der Waals surface area contributed by atoms with E-state index in [9.17, 15) is 0 Å². The maximum atomic E-state index is 6.26. The number of nitrogens with zero attached hydrogens (tertiary/aromatic N) is 2. The molecule has 0 saturated heterocycles. The fraction of sp³-hybridized carbons (Fsp3) is 0.214. The first-order valence-corrected chi connectivity index (χ1v) is 12.5. The minimum absolute atomic E-state index is 0.626. The second-order valence-electron chi connectivity index (χ2n) is 8.04. The Bertz CT molecular complexity index is 1500. The van der Waals surface area contributed by atoms with Crippen molar-refractivity contribution in [3.05, 3.63) is 72.4 Å². The van der Waals surface area contributed by atoms with Gasteiger partial charge in [-0.2, -0.15) is 0 Å². The van der Waals surface area contributed by atoms with Gasteiger partial charge in [0.25, 0.3) is 0 Å². The molecule has 0 saturated carbocycles. The van der Waals surface area contributed by atoms with Crippen molar-refractivity contribution in [1.82, 2.24) is 9.97 Å². The number of benzene rings is 3. The van der Waals surface area contributed by atoms with Gasteiger partial charge in [0.05, 0.1) is 36.6 Å². The van der Waals surface area contributed by atoms with E-state index in [2.05, 4.69) is 22.4 Å². The highest BCUT2D eigenvalue weighted by Crippen LogP contribution is 2.38. The van der Waals surface area contributed by atoms with Crippen molar-refractivity contribution in [1.29, 1.82) is 0 Å². The summed E-state index contributed by atoms with van der Waals surface area (Å²) in [6.07, 6.45) is 2.61. The summed E-state index contributed by atoms with van der Waals surface area (Å²) in [7, 11) is 3.22. The van der Waals surface area contributed by atoms with Gasteiger partial charge in [0.2, 0.25) is 0 Å². The molecule has 3 aromatic carbocycles. The second-order valence-corrected chi connectivity index (χ2v) is 9.07. The van der Waals surface area contributed by atoms with E-state index < -0.39 is 0 Å². The Labute approximate surface area is 213 Å².